The molecular formula is C16H21ClN2O2. The minimum atomic E-state index is 0.0445. The molecule has 3 rings (SSSR count). The highest BCUT2D eigenvalue weighted by Gasteiger charge is 2.20. The van der Waals surface area contributed by atoms with Crippen LogP contribution in [-0.4, -0.2) is 36.5 Å². The zero-order valence-electron chi connectivity index (χ0n) is 12.1. The molecule has 1 saturated carbocycles. The predicted molar refractivity (Wildman–Crippen MR) is 82.6 cm³/mol. The highest BCUT2D eigenvalue weighted by atomic mass is 35.5. The number of nitrogens with zero attached hydrogens (tertiary/aromatic N) is 1. The molecular weight excluding hydrogens is 288 g/mol. The molecule has 1 aromatic carbocycles. The normalized spacial score (nSPS) is 18.0. The van der Waals surface area contributed by atoms with Gasteiger partial charge in [0.15, 0.2) is 6.61 Å². The van der Waals surface area contributed by atoms with E-state index in [1.54, 1.807) is 0 Å². The van der Waals surface area contributed by atoms with Crippen molar-refractivity contribution >= 4 is 17.5 Å². The maximum Gasteiger partial charge on any atom is 0.260 e. The van der Waals surface area contributed by atoms with Crippen LogP contribution in [0, 0.1) is 0 Å². The third-order valence-electron chi connectivity index (χ3n) is 3.98. The number of carbonyl (C=O) groups excluding carboxylic acids is 1. The van der Waals surface area contributed by atoms with Gasteiger partial charge in [-0.2, -0.15) is 0 Å². The zero-order valence-corrected chi connectivity index (χ0v) is 12.9. The molecule has 1 N–H and O–H groups in total. The molecule has 0 radical (unpaired) electrons. The van der Waals surface area contributed by atoms with Crippen LogP contribution in [0.15, 0.2) is 18.2 Å². The largest absolute Gasteiger partial charge is 0.482 e. The van der Waals surface area contributed by atoms with Gasteiger partial charge in [-0.3, -0.25) is 4.79 Å². The number of hydrogen-bond acceptors (Lipinski definition) is 3. The van der Waals surface area contributed by atoms with E-state index in [2.05, 4.69) is 5.32 Å². The maximum atomic E-state index is 11.9. The molecule has 0 unspecified atom stereocenters. The first-order valence-corrected chi connectivity index (χ1v) is 8.02. The predicted octanol–water partition coefficient (Wildman–Crippen LogP) is 2.59. The van der Waals surface area contributed by atoms with Gasteiger partial charge in [0.05, 0.1) is 5.02 Å². The third-order valence-corrected chi connectivity index (χ3v) is 4.27. The van der Waals surface area contributed by atoms with E-state index in [0.29, 0.717) is 16.8 Å². The van der Waals surface area contributed by atoms with Crippen LogP contribution >= 0.6 is 11.6 Å². The molecule has 1 amide bonds. The van der Waals surface area contributed by atoms with Gasteiger partial charge in [-0.1, -0.05) is 17.7 Å². The zero-order chi connectivity index (χ0) is 14.7. The van der Waals surface area contributed by atoms with Crippen LogP contribution in [0.4, 0.5) is 0 Å². The van der Waals surface area contributed by atoms with Crippen molar-refractivity contribution in [2.24, 2.45) is 0 Å². The summed E-state index contributed by atoms with van der Waals surface area (Å²) < 4.78 is 5.56. The van der Waals surface area contributed by atoms with E-state index in [0.717, 1.165) is 38.0 Å². The van der Waals surface area contributed by atoms with Crippen molar-refractivity contribution in [1.29, 1.82) is 0 Å². The molecule has 5 heteroatoms. The van der Waals surface area contributed by atoms with Gasteiger partial charge in [0.25, 0.3) is 5.91 Å². The summed E-state index contributed by atoms with van der Waals surface area (Å²) in [6.45, 7) is 2.60. The fourth-order valence-electron chi connectivity index (χ4n) is 2.52. The van der Waals surface area contributed by atoms with Crippen LogP contribution in [0.1, 0.15) is 31.2 Å². The fraction of sp³-hybridized carbons (Fsp3) is 0.562. The lowest BCUT2D eigenvalue weighted by Gasteiger charge is -2.16. The van der Waals surface area contributed by atoms with E-state index >= 15 is 0 Å². The van der Waals surface area contributed by atoms with Crippen molar-refractivity contribution in [3.05, 3.63) is 28.8 Å². The Labute approximate surface area is 130 Å². The summed E-state index contributed by atoms with van der Waals surface area (Å²) in [5, 5.41) is 4.02. The summed E-state index contributed by atoms with van der Waals surface area (Å²) in [6, 6.07) is 6.44. The number of benzene rings is 1. The molecule has 1 heterocycles. The number of rotatable bonds is 6. The SMILES string of the molecule is O=C(COc1ccc(CNC2CC2)cc1Cl)N1CCCC1. The van der Waals surface area contributed by atoms with E-state index in [9.17, 15) is 4.79 Å². The average molecular weight is 309 g/mol. The molecule has 0 spiro atoms. The molecule has 114 valence electrons. The van der Waals surface area contributed by atoms with Crippen molar-refractivity contribution in [3.63, 3.8) is 0 Å². The van der Waals surface area contributed by atoms with Crippen molar-refractivity contribution in [1.82, 2.24) is 10.2 Å². The van der Waals surface area contributed by atoms with Gasteiger partial charge in [-0.25, -0.2) is 0 Å². The number of nitrogens with one attached hydrogen (secondary N) is 1. The number of carbonyl (C=O) groups is 1. The van der Waals surface area contributed by atoms with Crippen LogP contribution in [-0.2, 0) is 11.3 Å². The van der Waals surface area contributed by atoms with Crippen LogP contribution in [0.5, 0.6) is 5.75 Å². The first-order chi connectivity index (χ1) is 10.2. The lowest BCUT2D eigenvalue weighted by atomic mass is 10.2. The number of amides is 1. The van der Waals surface area contributed by atoms with Gasteiger partial charge in [-0.15, -0.1) is 0 Å². The van der Waals surface area contributed by atoms with E-state index < -0.39 is 0 Å². The summed E-state index contributed by atoms with van der Waals surface area (Å²) in [5.74, 6) is 0.627. The van der Waals surface area contributed by atoms with Crippen molar-refractivity contribution < 1.29 is 9.53 Å². The van der Waals surface area contributed by atoms with Crippen LogP contribution in [0.25, 0.3) is 0 Å². The van der Waals surface area contributed by atoms with E-state index in [1.807, 2.05) is 23.1 Å². The maximum absolute atomic E-state index is 11.9. The number of ether oxygens (including phenoxy) is 1. The quantitative estimate of drug-likeness (QED) is 0.878. The summed E-state index contributed by atoms with van der Waals surface area (Å²) in [5.41, 5.74) is 1.14. The van der Waals surface area contributed by atoms with Crippen LogP contribution in [0.2, 0.25) is 5.02 Å². The summed E-state index contributed by atoms with van der Waals surface area (Å²) >= 11 is 6.23. The molecule has 2 fully saturated rings. The third kappa shape index (κ3) is 4.11. The molecule has 4 nitrogen and oxygen atoms in total. The first-order valence-electron chi connectivity index (χ1n) is 7.65. The Bertz CT molecular complexity index is 511. The van der Waals surface area contributed by atoms with Gasteiger partial charge < -0.3 is 15.0 Å². The minimum Gasteiger partial charge on any atom is -0.482 e. The Morgan fingerprint density at radius 3 is 2.76 bits per heavy atom. The molecule has 1 saturated heterocycles. The van der Waals surface area contributed by atoms with Gasteiger partial charge >= 0.3 is 0 Å². The summed E-state index contributed by atoms with van der Waals surface area (Å²) in [6.07, 6.45) is 4.73. The Morgan fingerprint density at radius 2 is 2.10 bits per heavy atom. The van der Waals surface area contributed by atoms with Crippen molar-refractivity contribution in [2.45, 2.75) is 38.3 Å². The smallest absolute Gasteiger partial charge is 0.260 e. The molecule has 1 aliphatic carbocycles. The molecule has 0 bridgehead atoms. The highest BCUT2D eigenvalue weighted by Crippen LogP contribution is 2.26. The molecule has 21 heavy (non-hydrogen) atoms. The molecule has 0 aromatic heterocycles. The molecule has 1 aromatic rings. The van der Waals surface area contributed by atoms with Crippen molar-refractivity contribution in [2.75, 3.05) is 19.7 Å². The van der Waals surface area contributed by atoms with Gasteiger partial charge in [-0.05, 0) is 43.4 Å². The van der Waals surface area contributed by atoms with Gasteiger partial charge in [0.2, 0.25) is 0 Å². The lowest BCUT2D eigenvalue weighted by Crippen LogP contribution is -2.32. The topological polar surface area (TPSA) is 41.6 Å². The number of halogens is 1. The number of likely N-dealkylation sites (tertiary alicyclic amines) is 1. The lowest BCUT2D eigenvalue weighted by molar-refractivity contribution is -0.132. The van der Waals surface area contributed by atoms with Crippen molar-refractivity contribution in [3.8, 4) is 5.75 Å². The second-order valence-corrected chi connectivity index (χ2v) is 6.20. The van der Waals surface area contributed by atoms with Crippen LogP contribution < -0.4 is 10.1 Å². The van der Waals surface area contributed by atoms with E-state index in [1.165, 1.54) is 12.8 Å². The Kier molecular flexibility index (Phi) is 4.66. The summed E-state index contributed by atoms with van der Waals surface area (Å²) in [4.78, 5) is 13.8. The average Bonchev–Trinajstić information content (AvgIpc) is 3.15. The Morgan fingerprint density at radius 1 is 1.33 bits per heavy atom. The van der Waals surface area contributed by atoms with Gasteiger partial charge in [0.1, 0.15) is 5.75 Å². The van der Waals surface area contributed by atoms with E-state index in [4.69, 9.17) is 16.3 Å². The second-order valence-electron chi connectivity index (χ2n) is 5.80. The van der Waals surface area contributed by atoms with Crippen LogP contribution in [0.3, 0.4) is 0 Å². The highest BCUT2D eigenvalue weighted by molar-refractivity contribution is 6.32. The molecule has 1 aliphatic heterocycles. The van der Waals surface area contributed by atoms with E-state index in [-0.39, 0.29) is 12.5 Å². The minimum absolute atomic E-state index is 0.0445. The first kappa shape index (κ1) is 14.7. The number of hydrogen-bond donors (Lipinski definition) is 1. The molecule has 0 atom stereocenters. The Hall–Kier alpha value is -1.26. The monoisotopic (exact) mass is 308 g/mol. The fourth-order valence-corrected chi connectivity index (χ4v) is 2.78. The Balaban J connectivity index is 1.51. The second kappa shape index (κ2) is 6.67. The summed E-state index contributed by atoms with van der Waals surface area (Å²) in [7, 11) is 0. The molecule has 2 aliphatic rings. The standard InChI is InChI=1S/C16H21ClN2O2/c17-14-9-12(10-18-13-4-5-13)3-6-15(14)21-11-16(20)19-7-1-2-8-19/h3,6,9,13,18H,1-2,4-5,7-8,10-11H2. The van der Waals surface area contributed by atoms with Gasteiger partial charge in [0, 0.05) is 25.7 Å².